The van der Waals surface area contributed by atoms with Gasteiger partial charge in [0.2, 0.25) is 0 Å². The molecule has 2 aromatic rings. The third-order valence-electron chi connectivity index (χ3n) is 3.20. The van der Waals surface area contributed by atoms with Crippen molar-refractivity contribution in [2.24, 2.45) is 0 Å². The third kappa shape index (κ3) is 2.32. The highest BCUT2D eigenvalue weighted by molar-refractivity contribution is 5.94. The summed E-state index contributed by atoms with van der Waals surface area (Å²) in [4.78, 5) is 0. The van der Waals surface area contributed by atoms with Crippen molar-refractivity contribution < 1.29 is 18.3 Å². The van der Waals surface area contributed by atoms with Gasteiger partial charge in [-0.25, -0.2) is 0 Å². The van der Waals surface area contributed by atoms with Crippen molar-refractivity contribution in [2.45, 2.75) is 25.9 Å². The number of terminal acetylenes is 1. The molecule has 0 aromatic heterocycles. The molecule has 1 nitrogen and oxygen atoms in total. The Labute approximate surface area is 115 Å². The van der Waals surface area contributed by atoms with E-state index in [0.717, 1.165) is 6.07 Å². The zero-order chi connectivity index (χ0) is 15.1. The fraction of sp³-hybridized carbons (Fsp3) is 0.250. The molecule has 0 unspecified atom stereocenters. The first-order valence-electron chi connectivity index (χ1n) is 6.09. The van der Waals surface area contributed by atoms with Crippen LogP contribution in [0.3, 0.4) is 0 Å². The number of rotatable bonds is 1. The Hall–Kier alpha value is -2.15. The van der Waals surface area contributed by atoms with Gasteiger partial charge in [-0.1, -0.05) is 25.8 Å². The van der Waals surface area contributed by atoms with Crippen molar-refractivity contribution in [3.8, 4) is 18.1 Å². The van der Waals surface area contributed by atoms with Crippen LogP contribution in [0.2, 0.25) is 0 Å². The minimum atomic E-state index is -4.50. The molecule has 0 bridgehead atoms. The van der Waals surface area contributed by atoms with E-state index in [0.29, 0.717) is 16.3 Å². The van der Waals surface area contributed by atoms with Gasteiger partial charge in [-0.05, 0) is 35.1 Å². The maximum Gasteiger partial charge on any atom is 0.417 e. The number of fused-ring (bicyclic) bond motifs is 1. The smallest absolute Gasteiger partial charge is 0.417 e. The van der Waals surface area contributed by atoms with Crippen LogP contribution in [0.1, 0.15) is 36.5 Å². The molecule has 104 valence electrons. The number of hydrogen-bond donors (Lipinski definition) is 1. The van der Waals surface area contributed by atoms with Crippen LogP contribution in [0.15, 0.2) is 24.3 Å². The molecule has 0 radical (unpaired) electrons. The van der Waals surface area contributed by atoms with Crippen LogP contribution in [0.5, 0.6) is 5.75 Å². The highest BCUT2D eigenvalue weighted by Gasteiger charge is 2.34. The first kappa shape index (κ1) is 14.3. The second-order valence-corrected chi connectivity index (χ2v) is 4.92. The van der Waals surface area contributed by atoms with Gasteiger partial charge in [0.1, 0.15) is 5.75 Å². The van der Waals surface area contributed by atoms with Gasteiger partial charge in [-0.3, -0.25) is 0 Å². The van der Waals surface area contributed by atoms with E-state index in [1.165, 1.54) is 18.2 Å². The lowest BCUT2D eigenvalue weighted by molar-refractivity contribution is -0.137. The Morgan fingerprint density at radius 2 is 1.85 bits per heavy atom. The average Bonchev–Trinajstić information content (AvgIpc) is 2.34. The number of aromatic hydroxyl groups is 1. The molecule has 0 fully saturated rings. The number of halogens is 3. The van der Waals surface area contributed by atoms with Crippen molar-refractivity contribution in [1.82, 2.24) is 0 Å². The molecule has 0 aliphatic heterocycles. The van der Waals surface area contributed by atoms with Gasteiger partial charge >= 0.3 is 6.18 Å². The van der Waals surface area contributed by atoms with Crippen molar-refractivity contribution >= 4 is 10.8 Å². The summed E-state index contributed by atoms with van der Waals surface area (Å²) in [5.41, 5.74) is -0.377. The zero-order valence-electron chi connectivity index (χ0n) is 11.0. The number of alkyl halides is 3. The van der Waals surface area contributed by atoms with Gasteiger partial charge in [0.25, 0.3) is 0 Å². The second kappa shape index (κ2) is 4.75. The van der Waals surface area contributed by atoms with Crippen molar-refractivity contribution in [1.29, 1.82) is 0 Å². The zero-order valence-corrected chi connectivity index (χ0v) is 11.0. The third-order valence-corrected chi connectivity index (χ3v) is 3.20. The summed E-state index contributed by atoms with van der Waals surface area (Å²) < 4.78 is 39.1. The molecule has 1 N–H and O–H groups in total. The predicted octanol–water partition coefficient (Wildman–Crippen LogP) is 4.67. The van der Waals surface area contributed by atoms with Crippen LogP contribution < -0.4 is 0 Å². The summed E-state index contributed by atoms with van der Waals surface area (Å²) in [6.45, 7) is 3.68. The summed E-state index contributed by atoms with van der Waals surface area (Å²) in [5.74, 6) is 2.12. The topological polar surface area (TPSA) is 20.2 Å². The molecule has 0 heterocycles. The predicted molar refractivity (Wildman–Crippen MR) is 72.6 cm³/mol. The molecule has 0 saturated heterocycles. The van der Waals surface area contributed by atoms with Crippen molar-refractivity contribution in [3.05, 3.63) is 41.0 Å². The summed E-state index contributed by atoms with van der Waals surface area (Å²) in [7, 11) is 0. The van der Waals surface area contributed by atoms with Crippen LogP contribution in [0.4, 0.5) is 13.2 Å². The number of phenols is 1. The molecule has 4 heteroatoms. The molecule has 2 aromatic carbocycles. The monoisotopic (exact) mass is 278 g/mol. The number of hydrogen-bond acceptors (Lipinski definition) is 1. The maximum absolute atomic E-state index is 13.0. The summed E-state index contributed by atoms with van der Waals surface area (Å²) in [6.07, 6.45) is 0.810. The van der Waals surface area contributed by atoms with E-state index in [4.69, 9.17) is 6.42 Å². The molecule has 0 amide bonds. The van der Waals surface area contributed by atoms with Crippen molar-refractivity contribution in [2.75, 3.05) is 0 Å². The normalized spacial score (nSPS) is 11.8. The van der Waals surface area contributed by atoms with E-state index in [2.05, 4.69) is 5.92 Å². The summed E-state index contributed by atoms with van der Waals surface area (Å²) in [5, 5.41) is 10.6. The lowest BCUT2D eigenvalue weighted by atomic mass is 9.90. The molecular formula is C16H13F3O. The Morgan fingerprint density at radius 1 is 1.20 bits per heavy atom. The molecule has 0 aliphatic carbocycles. The Bertz CT molecular complexity index is 706. The van der Waals surface area contributed by atoms with Crippen LogP contribution in [-0.4, -0.2) is 5.11 Å². The lowest BCUT2D eigenvalue weighted by Crippen LogP contribution is -2.09. The van der Waals surface area contributed by atoms with Gasteiger partial charge in [-0.2, -0.15) is 13.2 Å². The van der Waals surface area contributed by atoms with E-state index < -0.39 is 11.7 Å². The number of benzene rings is 2. The Balaban J connectivity index is 2.97. The fourth-order valence-electron chi connectivity index (χ4n) is 2.32. The first-order chi connectivity index (χ1) is 9.25. The maximum atomic E-state index is 13.0. The quantitative estimate of drug-likeness (QED) is 0.752. The molecule has 0 aliphatic rings. The molecule has 0 saturated carbocycles. The highest BCUT2D eigenvalue weighted by atomic mass is 19.4. The standard InChI is InChI=1S/C16H13F3O/c1-4-12-14(16(17,18)19)6-5-10-7-11(20)8-13(9(2)3)15(10)12/h1,5-9,20H,2-3H3. The molecule has 2 rings (SSSR count). The highest BCUT2D eigenvalue weighted by Crippen LogP contribution is 2.39. The Morgan fingerprint density at radius 3 is 2.35 bits per heavy atom. The van der Waals surface area contributed by atoms with Gasteiger partial charge in [0, 0.05) is 10.9 Å². The largest absolute Gasteiger partial charge is 0.508 e. The van der Waals surface area contributed by atoms with E-state index in [1.807, 2.05) is 13.8 Å². The molecular weight excluding hydrogens is 265 g/mol. The van der Waals surface area contributed by atoms with Crippen LogP contribution in [0, 0.1) is 12.3 Å². The van der Waals surface area contributed by atoms with Crippen molar-refractivity contribution in [3.63, 3.8) is 0 Å². The molecule has 0 spiro atoms. The van der Waals surface area contributed by atoms with E-state index in [-0.39, 0.29) is 17.2 Å². The van der Waals surface area contributed by atoms with Crippen LogP contribution in [0.25, 0.3) is 10.8 Å². The lowest BCUT2D eigenvalue weighted by Gasteiger charge is -2.16. The van der Waals surface area contributed by atoms with E-state index in [9.17, 15) is 18.3 Å². The second-order valence-electron chi connectivity index (χ2n) is 4.92. The van der Waals surface area contributed by atoms with Crippen LogP contribution in [-0.2, 0) is 6.18 Å². The minimum absolute atomic E-state index is 0.0175. The van der Waals surface area contributed by atoms with E-state index in [1.54, 1.807) is 0 Å². The average molecular weight is 278 g/mol. The van der Waals surface area contributed by atoms with Gasteiger partial charge < -0.3 is 5.11 Å². The summed E-state index contributed by atoms with van der Waals surface area (Å²) >= 11 is 0. The first-order valence-corrected chi connectivity index (χ1v) is 6.09. The van der Waals surface area contributed by atoms with Gasteiger partial charge in [0.05, 0.1) is 5.56 Å². The van der Waals surface area contributed by atoms with Crippen LogP contribution >= 0.6 is 0 Å². The van der Waals surface area contributed by atoms with Gasteiger partial charge in [-0.15, -0.1) is 6.42 Å². The molecule has 0 atom stereocenters. The summed E-state index contributed by atoms with van der Waals surface area (Å²) in [6, 6.07) is 5.18. The van der Waals surface area contributed by atoms with E-state index >= 15 is 0 Å². The number of phenolic OH excluding ortho intramolecular Hbond substituents is 1. The SMILES string of the molecule is C#Cc1c(C(F)(F)F)ccc2cc(O)cc(C(C)C)c12. The fourth-order valence-corrected chi connectivity index (χ4v) is 2.32. The Kier molecular flexibility index (Phi) is 3.39. The van der Waals surface area contributed by atoms with Gasteiger partial charge in [0.15, 0.2) is 0 Å². The molecule has 20 heavy (non-hydrogen) atoms. The minimum Gasteiger partial charge on any atom is -0.508 e.